The highest BCUT2D eigenvalue weighted by atomic mass is 16.5. The third-order valence-electron chi connectivity index (χ3n) is 5.41. The van der Waals surface area contributed by atoms with Crippen molar-refractivity contribution in [2.45, 2.75) is 52.0 Å². The molecule has 6 heteroatoms. The van der Waals surface area contributed by atoms with Crippen molar-refractivity contribution in [3.63, 3.8) is 0 Å². The van der Waals surface area contributed by atoms with Crippen LogP contribution < -0.4 is 15.8 Å². The van der Waals surface area contributed by atoms with Crippen molar-refractivity contribution in [3.8, 4) is 5.75 Å². The van der Waals surface area contributed by atoms with E-state index < -0.39 is 12.0 Å². The van der Waals surface area contributed by atoms with Crippen LogP contribution in [0.3, 0.4) is 0 Å². The molecule has 1 aliphatic carbocycles. The van der Waals surface area contributed by atoms with Crippen molar-refractivity contribution in [2.24, 2.45) is 11.7 Å². The number of carbonyl (C=O) groups is 1. The summed E-state index contributed by atoms with van der Waals surface area (Å²) in [5.74, 6) is 0.305. The summed E-state index contributed by atoms with van der Waals surface area (Å²) in [6.45, 7) is 4.82. The number of amidine groups is 1. The molecule has 0 radical (unpaired) electrons. The first-order chi connectivity index (χ1) is 14.4. The van der Waals surface area contributed by atoms with E-state index in [1.807, 2.05) is 6.07 Å². The smallest absolute Gasteiger partial charge is 0.330 e. The van der Waals surface area contributed by atoms with Crippen LogP contribution in [0.15, 0.2) is 36.4 Å². The predicted octanol–water partition coefficient (Wildman–Crippen LogP) is 4.51. The van der Waals surface area contributed by atoms with Crippen molar-refractivity contribution in [2.75, 3.05) is 11.9 Å². The van der Waals surface area contributed by atoms with Crippen LogP contribution in [0.1, 0.15) is 61.4 Å². The summed E-state index contributed by atoms with van der Waals surface area (Å²) in [7, 11) is 0. The van der Waals surface area contributed by atoms with E-state index in [1.54, 1.807) is 24.3 Å². The van der Waals surface area contributed by atoms with Gasteiger partial charge in [0.05, 0.1) is 6.61 Å². The van der Waals surface area contributed by atoms with Crippen LogP contribution in [-0.2, 0) is 17.6 Å². The first-order valence-electron chi connectivity index (χ1n) is 10.6. The Labute approximate surface area is 178 Å². The molecule has 2 aromatic rings. The third kappa shape index (κ3) is 5.32. The molecule has 30 heavy (non-hydrogen) atoms. The maximum atomic E-state index is 12.3. The van der Waals surface area contributed by atoms with Gasteiger partial charge in [0.2, 0.25) is 0 Å². The highest BCUT2D eigenvalue weighted by Crippen LogP contribution is 2.37. The number of hydrogen-bond donors (Lipinski definition) is 4. The molecule has 1 saturated carbocycles. The van der Waals surface area contributed by atoms with E-state index in [2.05, 4.69) is 25.2 Å². The molecule has 0 bridgehead atoms. The van der Waals surface area contributed by atoms with Crippen molar-refractivity contribution >= 4 is 17.5 Å². The van der Waals surface area contributed by atoms with Gasteiger partial charge in [0.25, 0.3) is 0 Å². The molecule has 0 aromatic heterocycles. The predicted molar refractivity (Wildman–Crippen MR) is 119 cm³/mol. The number of ether oxygens (including phenoxy) is 1. The van der Waals surface area contributed by atoms with Gasteiger partial charge < -0.3 is 20.9 Å². The molecule has 1 atom stereocenters. The van der Waals surface area contributed by atoms with Gasteiger partial charge in [-0.25, -0.2) is 4.79 Å². The van der Waals surface area contributed by atoms with Crippen LogP contribution in [0, 0.1) is 11.3 Å². The molecule has 3 rings (SSSR count). The summed E-state index contributed by atoms with van der Waals surface area (Å²) < 4.78 is 6.22. The lowest BCUT2D eigenvalue weighted by Gasteiger charge is -2.23. The number of nitrogens with one attached hydrogen (secondary N) is 2. The van der Waals surface area contributed by atoms with Gasteiger partial charge in [-0.15, -0.1) is 0 Å². The molecule has 0 saturated heterocycles. The van der Waals surface area contributed by atoms with Gasteiger partial charge in [-0.1, -0.05) is 26.3 Å². The zero-order valence-electron chi connectivity index (χ0n) is 17.7. The molecular weight excluding hydrogens is 378 g/mol. The van der Waals surface area contributed by atoms with Crippen LogP contribution >= 0.6 is 0 Å². The van der Waals surface area contributed by atoms with Gasteiger partial charge in [0.1, 0.15) is 11.6 Å². The van der Waals surface area contributed by atoms with Crippen LogP contribution in [0.4, 0.5) is 5.69 Å². The van der Waals surface area contributed by atoms with Gasteiger partial charge >= 0.3 is 5.97 Å². The summed E-state index contributed by atoms with van der Waals surface area (Å²) in [5, 5.41) is 20.7. The Balaban J connectivity index is 1.98. The lowest BCUT2D eigenvalue weighted by molar-refractivity contribution is -0.138. The average Bonchev–Trinajstić information content (AvgIpc) is 3.55. The molecule has 1 aliphatic rings. The molecule has 1 unspecified atom stereocenters. The van der Waals surface area contributed by atoms with Crippen molar-refractivity contribution in [1.29, 1.82) is 5.41 Å². The van der Waals surface area contributed by atoms with Crippen molar-refractivity contribution in [1.82, 2.24) is 0 Å². The number of anilines is 1. The second-order valence-corrected chi connectivity index (χ2v) is 7.94. The molecule has 0 heterocycles. The Morgan fingerprint density at radius 3 is 2.50 bits per heavy atom. The number of nitrogens with two attached hydrogens (primary N) is 1. The quantitative estimate of drug-likeness (QED) is 0.322. The van der Waals surface area contributed by atoms with E-state index in [9.17, 15) is 9.90 Å². The fraction of sp³-hybridized carbons (Fsp3) is 0.417. The number of benzene rings is 2. The molecule has 0 amide bonds. The molecule has 6 nitrogen and oxygen atoms in total. The summed E-state index contributed by atoms with van der Waals surface area (Å²) >= 11 is 0. The summed E-state index contributed by atoms with van der Waals surface area (Å²) in [6.07, 6.45) is 4.99. The molecular formula is C24H31N3O3. The van der Waals surface area contributed by atoms with E-state index in [0.717, 1.165) is 30.4 Å². The minimum atomic E-state index is -0.961. The second-order valence-electron chi connectivity index (χ2n) is 7.94. The second kappa shape index (κ2) is 9.65. The zero-order chi connectivity index (χ0) is 21.7. The summed E-state index contributed by atoms with van der Waals surface area (Å²) in [6, 6.07) is 10.1. The normalized spacial score (nSPS) is 14.2. The first-order valence-corrected chi connectivity index (χ1v) is 10.6. The van der Waals surface area contributed by atoms with Crippen LogP contribution in [-0.4, -0.2) is 23.5 Å². The molecule has 2 aromatic carbocycles. The lowest BCUT2D eigenvalue weighted by Crippen LogP contribution is -2.22. The highest BCUT2D eigenvalue weighted by Gasteiger charge is 2.28. The van der Waals surface area contributed by atoms with E-state index in [4.69, 9.17) is 15.9 Å². The number of nitrogen functional groups attached to an aromatic ring is 1. The van der Waals surface area contributed by atoms with Crippen molar-refractivity contribution in [3.05, 3.63) is 58.7 Å². The Hall–Kier alpha value is -3.02. The molecule has 0 spiro atoms. The maximum absolute atomic E-state index is 12.3. The zero-order valence-corrected chi connectivity index (χ0v) is 17.7. The van der Waals surface area contributed by atoms with Crippen LogP contribution in [0.2, 0.25) is 0 Å². The molecule has 0 aliphatic heterocycles. The van der Waals surface area contributed by atoms with Gasteiger partial charge in [-0.3, -0.25) is 5.41 Å². The lowest BCUT2D eigenvalue weighted by atomic mass is 9.95. The molecule has 5 N–H and O–H groups in total. The fourth-order valence-electron chi connectivity index (χ4n) is 3.50. The monoisotopic (exact) mass is 409 g/mol. The summed E-state index contributed by atoms with van der Waals surface area (Å²) in [5.41, 5.74) is 9.61. The number of aryl methyl sites for hydroxylation is 2. The maximum Gasteiger partial charge on any atom is 0.330 e. The van der Waals surface area contributed by atoms with Gasteiger partial charge in [-0.2, -0.15) is 0 Å². The van der Waals surface area contributed by atoms with E-state index in [0.29, 0.717) is 35.1 Å². The minimum absolute atomic E-state index is 0.0213. The number of carboxylic acid groups (broad SMARTS) is 1. The number of rotatable bonds is 11. The number of aliphatic carboxylic acids is 1. The van der Waals surface area contributed by atoms with Crippen LogP contribution in [0.25, 0.3) is 0 Å². The Bertz CT molecular complexity index is 905. The summed E-state index contributed by atoms with van der Waals surface area (Å²) in [4.78, 5) is 12.3. The minimum Gasteiger partial charge on any atom is -0.493 e. The van der Waals surface area contributed by atoms with Gasteiger partial charge in [0.15, 0.2) is 6.04 Å². The SMILES string of the molecule is CCCc1cc(CC)cc(C(Nc2ccc(C(=N)N)cc2)C(=O)O)c1OCC1CC1. The Kier molecular flexibility index (Phi) is 6.98. The van der Waals surface area contributed by atoms with Gasteiger partial charge in [-0.05, 0) is 73.1 Å². The third-order valence-corrected chi connectivity index (χ3v) is 5.41. The van der Waals surface area contributed by atoms with Gasteiger partial charge in [0, 0.05) is 16.8 Å². The first kappa shape index (κ1) is 21.7. The topological polar surface area (TPSA) is 108 Å². The van der Waals surface area contributed by atoms with E-state index >= 15 is 0 Å². The average molecular weight is 410 g/mol. The largest absolute Gasteiger partial charge is 0.493 e. The van der Waals surface area contributed by atoms with E-state index in [-0.39, 0.29) is 5.84 Å². The number of carboxylic acids is 1. The van der Waals surface area contributed by atoms with E-state index in [1.165, 1.54) is 12.8 Å². The number of hydrogen-bond acceptors (Lipinski definition) is 4. The fourth-order valence-corrected chi connectivity index (χ4v) is 3.50. The Morgan fingerprint density at radius 2 is 1.97 bits per heavy atom. The standard InChI is InChI=1S/C24H31N3O3/c1-3-5-18-12-15(4-2)13-20(22(18)30-14-16-6-7-16)21(24(28)29)27-19-10-8-17(9-11-19)23(25)26/h8-13,16,21,27H,3-7,14H2,1-2H3,(H3,25,26)(H,28,29). The van der Waals surface area contributed by atoms with Crippen LogP contribution in [0.5, 0.6) is 5.75 Å². The van der Waals surface area contributed by atoms with Crippen molar-refractivity contribution < 1.29 is 14.6 Å². The molecule has 1 fully saturated rings. The Morgan fingerprint density at radius 1 is 1.27 bits per heavy atom. The molecule has 160 valence electrons. The highest BCUT2D eigenvalue weighted by molar-refractivity contribution is 5.95.